The van der Waals surface area contributed by atoms with Crippen LogP contribution in [0.1, 0.15) is 17.2 Å². The number of hydrogen-bond acceptors (Lipinski definition) is 6. The molecule has 3 rings (SSSR count). The second-order valence-electron chi connectivity index (χ2n) is 7.42. The number of methoxy groups -OCH3 is 2. The molecule has 0 saturated carbocycles. The number of carbonyl (C=O) groups is 2. The summed E-state index contributed by atoms with van der Waals surface area (Å²) in [4.78, 5) is 29.3. The molecule has 0 aromatic heterocycles. The van der Waals surface area contributed by atoms with Crippen molar-refractivity contribution in [1.29, 1.82) is 0 Å². The van der Waals surface area contributed by atoms with Crippen LogP contribution < -0.4 is 9.47 Å². The van der Waals surface area contributed by atoms with Crippen LogP contribution in [0.5, 0.6) is 11.5 Å². The van der Waals surface area contributed by atoms with Gasteiger partial charge in [-0.3, -0.25) is 9.59 Å². The highest BCUT2D eigenvalue weighted by Crippen LogP contribution is 2.40. The van der Waals surface area contributed by atoms with Crippen LogP contribution in [0.25, 0.3) is 5.76 Å². The minimum Gasteiger partial charge on any atom is -0.507 e. The van der Waals surface area contributed by atoms with Gasteiger partial charge in [0, 0.05) is 18.7 Å². The zero-order valence-electron chi connectivity index (χ0n) is 17.9. The Kier molecular flexibility index (Phi) is 6.87. The van der Waals surface area contributed by atoms with Gasteiger partial charge in [0.25, 0.3) is 11.7 Å². The Bertz CT molecular complexity index is 1030. The Labute approximate surface area is 186 Å². The first kappa shape index (κ1) is 22.7. The topological polar surface area (TPSA) is 79.3 Å². The lowest BCUT2D eigenvalue weighted by Crippen LogP contribution is -2.35. The number of benzene rings is 2. The maximum Gasteiger partial charge on any atom is 0.295 e. The normalized spacial score (nSPS) is 18.0. The number of ketones is 1. The van der Waals surface area contributed by atoms with Crippen LogP contribution in [-0.2, 0) is 9.59 Å². The van der Waals surface area contributed by atoms with Crippen LogP contribution in [0, 0.1) is 0 Å². The van der Waals surface area contributed by atoms with E-state index in [1.807, 2.05) is 19.0 Å². The molecule has 1 fully saturated rings. The van der Waals surface area contributed by atoms with Gasteiger partial charge in [-0.2, -0.15) is 0 Å². The zero-order valence-corrected chi connectivity index (χ0v) is 18.6. The third kappa shape index (κ3) is 4.52. The number of aliphatic hydroxyl groups excluding tert-OH is 1. The lowest BCUT2D eigenvalue weighted by atomic mass is 9.95. The number of Topliss-reactive ketones (excluding diaryl/α,β-unsaturated/α-hetero) is 1. The van der Waals surface area contributed by atoms with Crippen LogP contribution in [0.15, 0.2) is 48.0 Å². The number of aliphatic hydroxyl groups is 1. The molecule has 8 heteroatoms. The van der Waals surface area contributed by atoms with E-state index >= 15 is 0 Å². The van der Waals surface area contributed by atoms with E-state index in [1.165, 1.54) is 18.1 Å². The molecule has 0 aliphatic carbocycles. The molecule has 1 heterocycles. The Morgan fingerprint density at radius 3 is 2.48 bits per heavy atom. The molecule has 2 aromatic carbocycles. The van der Waals surface area contributed by atoms with Gasteiger partial charge >= 0.3 is 0 Å². The summed E-state index contributed by atoms with van der Waals surface area (Å²) >= 11 is 6.21. The molecule has 0 spiro atoms. The fourth-order valence-corrected chi connectivity index (χ4v) is 3.80. The number of likely N-dealkylation sites (tertiary alicyclic amines) is 1. The van der Waals surface area contributed by atoms with Gasteiger partial charge in [0.15, 0.2) is 0 Å². The minimum absolute atomic E-state index is 0.0123. The summed E-state index contributed by atoms with van der Waals surface area (Å²) in [6.45, 7) is 0.876. The Morgan fingerprint density at radius 2 is 1.87 bits per heavy atom. The van der Waals surface area contributed by atoms with E-state index in [9.17, 15) is 14.7 Å². The molecular formula is C23H25ClN2O5. The highest BCUT2D eigenvalue weighted by Gasteiger charge is 2.46. The fourth-order valence-electron chi connectivity index (χ4n) is 3.55. The number of ether oxygens (including phenoxy) is 2. The average molecular weight is 445 g/mol. The van der Waals surface area contributed by atoms with Crippen LogP contribution in [0.3, 0.4) is 0 Å². The summed E-state index contributed by atoms with van der Waals surface area (Å²) in [7, 11) is 6.80. The first-order valence-corrected chi connectivity index (χ1v) is 10.1. The summed E-state index contributed by atoms with van der Waals surface area (Å²) in [5.41, 5.74) is 1.00. The van der Waals surface area contributed by atoms with Gasteiger partial charge in [0.1, 0.15) is 17.3 Å². The summed E-state index contributed by atoms with van der Waals surface area (Å²) in [6.07, 6.45) is 0. The van der Waals surface area contributed by atoms with E-state index < -0.39 is 17.7 Å². The third-order valence-electron chi connectivity index (χ3n) is 5.16. The van der Waals surface area contributed by atoms with Gasteiger partial charge in [-0.1, -0.05) is 23.7 Å². The highest BCUT2D eigenvalue weighted by atomic mass is 35.5. The van der Waals surface area contributed by atoms with Crippen molar-refractivity contribution in [3.63, 3.8) is 0 Å². The molecule has 0 radical (unpaired) electrons. The number of halogens is 1. The van der Waals surface area contributed by atoms with Gasteiger partial charge in [0.2, 0.25) is 0 Å². The minimum atomic E-state index is -0.754. The quantitative estimate of drug-likeness (QED) is 0.401. The fraction of sp³-hybridized carbons (Fsp3) is 0.304. The summed E-state index contributed by atoms with van der Waals surface area (Å²) < 4.78 is 10.5. The summed E-state index contributed by atoms with van der Waals surface area (Å²) in [5, 5.41) is 11.4. The van der Waals surface area contributed by atoms with Crippen molar-refractivity contribution in [2.45, 2.75) is 6.04 Å². The van der Waals surface area contributed by atoms with Crippen LogP contribution in [-0.4, -0.2) is 68.0 Å². The average Bonchev–Trinajstić information content (AvgIpc) is 3.01. The van der Waals surface area contributed by atoms with Gasteiger partial charge < -0.3 is 24.4 Å². The van der Waals surface area contributed by atoms with Gasteiger partial charge in [0.05, 0.1) is 30.9 Å². The number of hydrogen-bond donors (Lipinski definition) is 1. The summed E-state index contributed by atoms with van der Waals surface area (Å²) in [6, 6.07) is 11.1. The molecule has 1 aliphatic rings. The first-order chi connectivity index (χ1) is 14.8. The third-order valence-corrected chi connectivity index (χ3v) is 5.46. The van der Waals surface area contributed by atoms with E-state index in [4.69, 9.17) is 21.1 Å². The number of nitrogens with zero attached hydrogens (tertiary/aromatic N) is 2. The molecule has 0 unspecified atom stereocenters. The molecule has 1 atom stereocenters. The largest absolute Gasteiger partial charge is 0.507 e. The van der Waals surface area contributed by atoms with Crippen LogP contribution in [0.4, 0.5) is 0 Å². The monoisotopic (exact) mass is 444 g/mol. The molecule has 0 bridgehead atoms. The Hall–Kier alpha value is -3.03. The first-order valence-electron chi connectivity index (χ1n) is 9.69. The van der Waals surface area contributed by atoms with Gasteiger partial charge in [-0.25, -0.2) is 0 Å². The second-order valence-corrected chi connectivity index (χ2v) is 7.83. The lowest BCUT2D eigenvalue weighted by Gasteiger charge is -2.26. The smallest absolute Gasteiger partial charge is 0.295 e. The molecule has 164 valence electrons. The van der Waals surface area contributed by atoms with Crippen molar-refractivity contribution >= 4 is 29.1 Å². The second kappa shape index (κ2) is 9.41. The van der Waals surface area contributed by atoms with E-state index in [2.05, 4.69) is 0 Å². The molecular weight excluding hydrogens is 420 g/mol. The number of amides is 1. The highest BCUT2D eigenvalue weighted by molar-refractivity contribution is 6.46. The molecule has 1 amide bonds. The molecule has 1 N–H and O–H groups in total. The maximum absolute atomic E-state index is 13.0. The molecule has 31 heavy (non-hydrogen) atoms. The van der Waals surface area contributed by atoms with Crippen molar-refractivity contribution in [3.8, 4) is 11.5 Å². The predicted molar refractivity (Wildman–Crippen MR) is 119 cm³/mol. The van der Waals surface area contributed by atoms with Crippen molar-refractivity contribution < 1.29 is 24.2 Å². The van der Waals surface area contributed by atoms with Crippen molar-refractivity contribution in [2.75, 3.05) is 41.4 Å². The molecule has 2 aromatic rings. The van der Waals surface area contributed by atoms with E-state index in [1.54, 1.807) is 43.5 Å². The maximum atomic E-state index is 13.0. The number of carbonyl (C=O) groups excluding carboxylic acids is 2. The van der Waals surface area contributed by atoms with E-state index in [0.717, 1.165) is 0 Å². The van der Waals surface area contributed by atoms with Gasteiger partial charge in [-0.15, -0.1) is 0 Å². The number of rotatable bonds is 7. The molecule has 1 aliphatic heterocycles. The molecule has 1 saturated heterocycles. The SMILES string of the molecule is COc1cccc([C@H]2C(=C(O)c3ccc(OC)c(Cl)c3)C(=O)C(=O)N2CCN(C)C)c1. The van der Waals surface area contributed by atoms with Crippen LogP contribution >= 0.6 is 11.6 Å². The lowest BCUT2D eigenvalue weighted by molar-refractivity contribution is -0.140. The summed E-state index contributed by atoms with van der Waals surface area (Å²) in [5.74, 6) is -0.660. The Balaban J connectivity index is 2.17. The standard InChI is InChI=1S/C23H25ClN2O5/c1-25(2)10-11-26-20(14-6-5-7-16(12-14)30-3)19(22(28)23(26)29)21(27)15-8-9-18(31-4)17(24)13-15/h5-9,12-13,20,27H,10-11H2,1-4H3/t20-/m0/s1. The predicted octanol–water partition coefficient (Wildman–Crippen LogP) is 3.34. The van der Waals surface area contributed by atoms with Crippen molar-refractivity contribution in [1.82, 2.24) is 9.80 Å². The van der Waals surface area contributed by atoms with E-state index in [0.29, 0.717) is 35.7 Å². The van der Waals surface area contributed by atoms with Crippen molar-refractivity contribution in [2.24, 2.45) is 0 Å². The molecule has 7 nitrogen and oxygen atoms in total. The van der Waals surface area contributed by atoms with Crippen molar-refractivity contribution in [3.05, 3.63) is 64.2 Å². The Morgan fingerprint density at radius 1 is 1.13 bits per heavy atom. The van der Waals surface area contributed by atoms with Gasteiger partial charge in [-0.05, 0) is 50.0 Å². The van der Waals surface area contributed by atoms with E-state index in [-0.39, 0.29) is 16.4 Å². The zero-order chi connectivity index (χ0) is 22.7. The number of likely N-dealkylation sites (N-methyl/N-ethyl adjacent to an activating group) is 1. The van der Waals surface area contributed by atoms with Crippen LogP contribution in [0.2, 0.25) is 5.02 Å².